The maximum atomic E-state index is 10.8. The second-order valence-electron chi connectivity index (χ2n) is 6.83. The van der Waals surface area contributed by atoms with E-state index in [0.29, 0.717) is 0 Å². The van der Waals surface area contributed by atoms with Crippen molar-refractivity contribution < 1.29 is 9.84 Å². The molecule has 2 fully saturated rings. The molecule has 1 saturated heterocycles. The van der Waals surface area contributed by atoms with E-state index < -0.39 is 5.60 Å². The van der Waals surface area contributed by atoms with E-state index in [0.717, 1.165) is 25.7 Å². The molecule has 1 aliphatic carbocycles. The summed E-state index contributed by atoms with van der Waals surface area (Å²) in [6, 6.07) is 0.157. The molecule has 3 unspecified atom stereocenters. The predicted molar refractivity (Wildman–Crippen MR) is 64.1 cm³/mol. The zero-order valence-electron chi connectivity index (χ0n) is 10.9. The van der Waals surface area contributed by atoms with Gasteiger partial charge in [0.2, 0.25) is 0 Å². The summed E-state index contributed by atoms with van der Waals surface area (Å²) in [5.41, 5.74) is 4.94. The van der Waals surface area contributed by atoms with E-state index in [1.165, 1.54) is 0 Å². The molecule has 0 bridgehead atoms. The molecule has 0 amide bonds. The number of hydrogen-bond donors (Lipinski definition) is 2. The average Bonchev–Trinajstić information content (AvgIpc) is 2.51. The lowest BCUT2D eigenvalue weighted by Crippen LogP contribution is -2.45. The molecule has 3 nitrogen and oxygen atoms in total. The van der Waals surface area contributed by atoms with Gasteiger partial charge < -0.3 is 15.6 Å². The van der Waals surface area contributed by atoms with Crippen LogP contribution < -0.4 is 5.73 Å². The first kappa shape index (κ1) is 12.3. The van der Waals surface area contributed by atoms with Gasteiger partial charge >= 0.3 is 0 Å². The molecular weight excluding hydrogens is 202 g/mol. The van der Waals surface area contributed by atoms with Crippen LogP contribution >= 0.6 is 0 Å². The normalized spacial score (nSPS) is 46.1. The number of nitrogens with two attached hydrogens (primary N) is 1. The van der Waals surface area contributed by atoms with Gasteiger partial charge in [0.1, 0.15) is 0 Å². The highest BCUT2D eigenvalue weighted by Gasteiger charge is 2.56. The second-order valence-corrected chi connectivity index (χ2v) is 6.83. The average molecular weight is 227 g/mol. The minimum atomic E-state index is -0.614. The Labute approximate surface area is 98.4 Å². The Morgan fingerprint density at radius 3 is 2.19 bits per heavy atom. The molecule has 3 N–H and O–H groups in total. The summed E-state index contributed by atoms with van der Waals surface area (Å²) in [6.07, 6.45) is 3.40. The van der Waals surface area contributed by atoms with Crippen LogP contribution in [0.5, 0.6) is 0 Å². The summed E-state index contributed by atoms with van der Waals surface area (Å²) < 4.78 is 6.06. The molecule has 0 spiro atoms. The zero-order valence-corrected chi connectivity index (χ0v) is 10.9. The van der Waals surface area contributed by atoms with Crippen LogP contribution in [0.3, 0.4) is 0 Å². The van der Waals surface area contributed by atoms with Gasteiger partial charge in [0.05, 0.1) is 16.8 Å². The van der Waals surface area contributed by atoms with Gasteiger partial charge in [-0.3, -0.25) is 0 Å². The van der Waals surface area contributed by atoms with Crippen molar-refractivity contribution in [3.63, 3.8) is 0 Å². The van der Waals surface area contributed by atoms with Crippen molar-refractivity contribution in [2.24, 2.45) is 11.7 Å². The third-order valence-corrected chi connectivity index (χ3v) is 4.29. The van der Waals surface area contributed by atoms with Gasteiger partial charge in [-0.25, -0.2) is 0 Å². The second kappa shape index (κ2) is 3.44. The number of ether oxygens (including phenoxy) is 1. The van der Waals surface area contributed by atoms with E-state index in [-0.39, 0.29) is 23.2 Å². The molecule has 1 saturated carbocycles. The highest BCUT2D eigenvalue weighted by molar-refractivity contribution is 5.07. The van der Waals surface area contributed by atoms with Crippen molar-refractivity contribution in [2.45, 2.75) is 76.2 Å². The summed E-state index contributed by atoms with van der Waals surface area (Å²) in [6.45, 7) is 8.39. The molecule has 0 radical (unpaired) electrons. The van der Waals surface area contributed by atoms with Gasteiger partial charge in [-0.05, 0) is 53.4 Å². The molecule has 3 atom stereocenters. The molecule has 0 aromatic rings. The molecular formula is C13H25NO2. The molecule has 2 rings (SSSR count). The standard InChI is InChI=1S/C13H25NO2/c1-11(2)8-10(12(3,4)16-11)13(15)6-5-9(14)7-13/h9-10,15H,5-8,14H2,1-4H3. The molecule has 16 heavy (non-hydrogen) atoms. The minimum absolute atomic E-state index is 0.128. The van der Waals surface area contributed by atoms with Crippen molar-refractivity contribution in [1.82, 2.24) is 0 Å². The first-order valence-electron chi connectivity index (χ1n) is 6.33. The maximum Gasteiger partial charge on any atom is 0.0719 e. The number of hydrogen-bond acceptors (Lipinski definition) is 3. The fourth-order valence-corrected chi connectivity index (χ4v) is 3.81. The van der Waals surface area contributed by atoms with Crippen LogP contribution in [-0.2, 0) is 4.74 Å². The van der Waals surface area contributed by atoms with Crippen molar-refractivity contribution in [3.8, 4) is 0 Å². The van der Waals surface area contributed by atoms with Crippen molar-refractivity contribution in [2.75, 3.05) is 0 Å². The van der Waals surface area contributed by atoms with E-state index >= 15 is 0 Å². The lowest BCUT2D eigenvalue weighted by molar-refractivity contribution is -0.111. The molecule has 94 valence electrons. The van der Waals surface area contributed by atoms with Gasteiger partial charge in [-0.2, -0.15) is 0 Å². The van der Waals surface area contributed by atoms with E-state index in [9.17, 15) is 5.11 Å². The van der Waals surface area contributed by atoms with Crippen molar-refractivity contribution in [1.29, 1.82) is 0 Å². The summed E-state index contributed by atoms with van der Waals surface area (Å²) in [4.78, 5) is 0. The highest BCUT2D eigenvalue weighted by atomic mass is 16.5. The molecule has 3 heteroatoms. The lowest BCUT2D eigenvalue weighted by atomic mass is 9.73. The molecule has 1 heterocycles. The molecule has 0 aromatic carbocycles. The Morgan fingerprint density at radius 1 is 1.19 bits per heavy atom. The van der Waals surface area contributed by atoms with Crippen LogP contribution in [0.2, 0.25) is 0 Å². The molecule has 1 aliphatic heterocycles. The Morgan fingerprint density at radius 2 is 1.81 bits per heavy atom. The van der Waals surface area contributed by atoms with Gasteiger partial charge in [-0.1, -0.05) is 0 Å². The first-order valence-corrected chi connectivity index (χ1v) is 6.33. The van der Waals surface area contributed by atoms with E-state index in [2.05, 4.69) is 27.7 Å². The van der Waals surface area contributed by atoms with Crippen LogP contribution in [0.25, 0.3) is 0 Å². The lowest BCUT2D eigenvalue weighted by Gasteiger charge is -2.37. The van der Waals surface area contributed by atoms with E-state index in [1.807, 2.05) is 0 Å². The SMILES string of the molecule is CC1(C)CC(C2(O)CCC(N)C2)C(C)(C)O1. The summed E-state index contributed by atoms with van der Waals surface area (Å²) >= 11 is 0. The Bertz CT molecular complexity index is 288. The minimum Gasteiger partial charge on any atom is -0.389 e. The number of rotatable bonds is 1. The van der Waals surface area contributed by atoms with Crippen LogP contribution in [0.4, 0.5) is 0 Å². The summed E-state index contributed by atoms with van der Waals surface area (Å²) in [5, 5.41) is 10.8. The summed E-state index contributed by atoms with van der Waals surface area (Å²) in [7, 11) is 0. The maximum absolute atomic E-state index is 10.8. The quantitative estimate of drug-likeness (QED) is 0.718. The first-order chi connectivity index (χ1) is 7.15. The highest BCUT2D eigenvalue weighted by Crippen LogP contribution is 2.51. The van der Waals surface area contributed by atoms with Crippen molar-refractivity contribution in [3.05, 3.63) is 0 Å². The fourth-order valence-electron chi connectivity index (χ4n) is 3.81. The van der Waals surface area contributed by atoms with E-state index in [1.54, 1.807) is 0 Å². The van der Waals surface area contributed by atoms with Gasteiger partial charge in [0.15, 0.2) is 0 Å². The van der Waals surface area contributed by atoms with Gasteiger partial charge in [-0.15, -0.1) is 0 Å². The predicted octanol–water partition coefficient (Wildman–Crippen LogP) is 1.82. The molecule has 2 aliphatic rings. The zero-order chi connectivity index (χ0) is 12.2. The van der Waals surface area contributed by atoms with Crippen LogP contribution in [0.1, 0.15) is 53.4 Å². The topological polar surface area (TPSA) is 55.5 Å². The third kappa shape index (κ3) is 2.01. The monoisotopic (exact) mass is 227 g/mol. The summed E-state index contributed by atoms with van der Waals surface area (Å²) in [5.74, 6) is 0.198. The van der Waals surface area contributed by atoms with Crippen LogP contribution in [0.15, 0.2) is 0 Å². The van der Waals surface area contributed by atoms with Crippen LogP contribution in [-0.4, -0.2) is 28.0 Å². The van der Waals surface area contributed by atoms with Gasteiger partial charge in [0.25, 0.3) is 0 Å². The smallest absolute Gasteiger partial charge is 0.0719 e. The van der Waals surface area contributed by atoms with E-state index in [4.69, 9.17) is 10.5 Å². The third-order valence-electron chi connectivity index (χ3n) is 4.29. The Balaban J connectivity index is 2.21. The van der Waals surface area contributed by atoms with Crippen molar-refractivity contribution >= 4 is 0 Å². The Hall–Kier alpha value is -0.120. The number of aliphatic hydroxyl groups is 1. The van der Waals surface area contributed by atoms with Gasteiger partial charge in [0, 0.05) is 12.0 Å². The largest absolute Gasteiger partial charge is 0.389 e. The molecule has 0 aromatic heterocycles. The van der Waals surface area contributed by atoms with Crippen LogP contribution in [0, 0.1) is 5.92 Å². The fraction of sp³-hybridized carbons (Fsp3) is 1.00. The Kier molecular flexibility index (Phi) is 2.65.